The zero-order valence-electron chi connectivity index (χ0n) is 23.3. The molecule has 5 rings (SSSR count). The number of carbonyl (C=O) groups excluding carboxylic acids is 2. The molecule has 0 bridgehead atoms. The lowest BCUT2D eigenvalue weighted by molar-refractivity contribution is -0.122. The van der Waals surface area contributed by atoms with Crippen LogP contribution in [0.1, 0.15) is 12.0 Å². The van der Waals surface area contributed by atoms with Gasteiger partial charge in [-0.1, -0.05) is 12.1 Å². The fourth-order valence-corrected chi connectivity index (χ4v) is 5.15. The molecule has 10 heteroatoms. The van der Waals surface area contributed by atoms with Gasteiger partial charge < -0.3 is 29.4 Å². The summed E-state index contributed by atoms with van der Waals surface area (Å²) in [5, 5.41) is 3.36. The van der Waals surface area contributed by atoms with Crippen molar-refractivity contribution in [3.05, 3.63) is 84.2 Å². The van der Waals surface area contributed by atoms with Gasteiger partial charge in [0.2, 0.25) is 0 Å². The number of nitrogens with one attached hydrogen (secondary N) is 1. The Morgan fingerprint density at radius 3 is 2.22 bits per heavy atom. The molecule has 0 saturated carbocycles. The maximum atomic E-state index is 13.3. The van der Waals surface area contributed by atoms with Gasteiger partial charge >= 0.3 is 0 Å². The molecule has 0 radical (unpaired) electrons. The van der Waals surface area contributed by atoms with Gasteiger partial charge in [0.05, 0.1) is 26.0 Å². The van der Waals surface area contributed by atoms with Gasteiger partial charge in [-0.15, -0.1) is 0 Å². The molecule has 1 N–H and O–H groups in total. The first-order valence-electron chi connectivity index (χ1n) is 13.5. The number of halogens is 1. The molecule has 3 aromatic rings. The van der Waals surface area contributed by atoms with Crippen LogP contribution in [0, 0.1) is 5.82 Å². The Kier molecular flexibility index (Phi) is 10.6. The maximum Gasteiger partial charge on any atom is 0.256 e. The molecular weight excluding hydrogens is 543 g/mol. The summed E-state index contributed by atoms with van der Waals surface area (Å²) in [6.45, 7) is 3.76. The highest BCUT2D eigenvalue weighted by Gasteiger charge is 2.42. The van der Waals surface area contributed by atoms with Crippen LogP contribution in [-0.2, 0) is 20.7 Å². The number of nitrogens with zero attached hydrogens (tertiary/aromatic N) is 3. The molecular formula is C31H35FN4O4S. The Morgan fingerprint density at radius 1 is 1.00 bits per heavy atom. The molecule has 0 aromatic heterocycles. The Labute approximate surface area is 245 Å². The minimum absolute atomic E-state index is 0.0621. The summed E-state index contributed by atoms with van der Waals surface area (Å²) >= 11 is 5.57. The number of ether oxygens (including phenoxy) is 2. The van der Waals surface area contributed by atoms with Crippen LogP contribution in [0.5, 0.6) is 5.75 Å². The summed E-state index contributed by atoms with van der Waals surface area (Å²) in [6, 6.07) is 21.1. The average molecular weight is 579 g/mol. The third kappa shape index (κ3) is 7.59. The van der Waals surface area contributed by atoms with Gasteiger partial charge in [0.1, 0.15) is 23.9 Å². The molecule has 41 heavy (non-hydrogen) atoms. The number of hydrogen-bond donors (Lipinski definition) is 1. The van der Waals surface area contributed by atoms with Crippen molar-refractivity contribution in [3.8, 4) is 5.75 Å². The fourth-order valence-electron chi connectivity index (χ4n) is 4.74. The van der Waals surface area contributed by atoms with Crippen molar-refractivity contribution >= 4 is 46.6 Å². The summed E-state index contributed by atoms with van der Waals surface area (Å²) in [6.07, 6.45) is 1.49. The Hall–Kier alpha value is -4.02. The third-order valence-corrected chi connectivity index (χ3v) is 7.47. The second-order valence-corrected chi connectivity index (χ2v) is 9.90. The largest absolute Gasteiger partial charge is 0.497 e. The quantitative estimate of drug-likeness (QED) is 0.293. The summed E-state index contributed by atoms with van der Waals surface area (Å²) < 4.78 is 23.7. The second-order valence-electron chi connectivity index (χ2n) is 9.54. The number of morpholine rings is 1. The Morgan fingerprint density at radius 2 is 1.63 bits per heavy atom. The molecule has 3 aromatic carbocycles. The zero-order chi connectivity index (χ0) is 29.2. The van der Waals surface area contributed by atoms with Crippen molar-refractivity contribution in [2.24, 2.45) is 0 Å². The molecule has 216 valence electrons. The number of methoxy groups -OCH3 is 1. The van der Waals surface area contributed by atoms with E-state index in [9.17, 15) is 14.0 Å². The number of carbonyl (C=O) groups is 2. The molecule has 2 fully saturated rings. The van der Waals surface area contributed by atoms with Crippen molar-refractivity contribution < 1.29 is 23.5 Å². The molecule has 2 aliphatic rings. The SMILES string of the molecule is CNc1ccc(OC)cc1.O=CCC1C(=O)N(c2ccc(F)cc2)C(=S)N1CCc1ccc(N2CCOCC2)cc1. The van der Waals surface area contributed by atoms with E-state index in [0.717, 1.165) is 49.6 Å². The van der Waals surface area contributed by atoms with Crippen LogP contribution in [0.2, 0.25) is 0 Å². The van der Waals surface area contributed by atoms with E-state index >= 15 is 0 Å². The number of thiocarbonyl (C=S) groups is 1. The number of hydrogen-bond acceptors (Lipinski definition) is 7. The smallest absolute Gasteiger partial charge is 0.256 e. The first-order valence-corrected chi connectivity index (χ1v) is 13.9. The van der Waals surface area contributed by atoms with E-state index in [4.69, 9.17) is 21.7 Å². The van der Waals surface area contributed by atoms with Crippen molar-refractivity contribution in [2.45, 2.75) is 18.9 Å². The number of aldehydes is 1. The van der Waals surface area contributed by atoms with E-state index in [2.05, 4.69) is 34.5 Å². The van der Waals surface area contributed by atoms with Crippen LogP contribution < -0.4 is 19.9 Å². The first kappa shape index (κ1) is 30.0. The topological polar surface area (TPSA) is 74.4 Å². The van der Waals surface area contributed by atoms with Crippen LogP contribution >= 0.6 is 12.2 Å². The molecule has 0 aliphatic carbocycles. The normalized spacial score (nSPS) is 16.8. The predicted molar refractivity (Wildman–Crippen MR) is 163 cm³/mol. The van der Waals surface area contributed by atoms with Gasteiger partial charge in [0, 0.05) is 44.5 Å². The summed E-state index contributed by atoms with van der Waals surface area (Å²) in [5.41, 5.74) is 3.89. The van der Waals surface area contributed by atoms with Gasteiger partial charge in [-0.25, -0.2) is 4.39 Å². The number of benzene rings is 3. The zero-order valence-corrected chi connectivity index (χ0v) is 24.1. The lowest BCUT2D eigenvalue weighted by Crippen LogP contribution is -2.37. The molecule has 2 saturated heterocycles. The van der Waals surface area contributed by atoms with Gasteiger partial charge in [-0.2, -0.15) is 0 Å². The molecule has 1 atom stereocenters. The van der Waals surface area contributed by atoms with Gasteiger partial charge in [-0.05, 0) is 84.9 Å². The molecule has 1 unspecified atom stereocenters. The standard InChI is InChI=1S/C23H24FN3O3S.C8H11NO/c24-18-3-7-20(8-4-18)27-22(29)21(10-14-28)26(23(27)31)11-9-17-1-5-19(6-2-17)25-12-15-30-16-13-25;1-9-7-3-5-8(10-2)6-4-7/h1-8,14,21H,9-13,15-16H2;3-6,9H,1-2H3. The molecule has 1 amide bonds. The van der Waals surface area contributed by atoms with Crippen LogP contribution in [-0.4, -0.2) is 75.3 Å². The summed E-state index contributed by atoms with van der Waals surface area (Å²) in [7, 11) is 3.55. The third-order valence-electron chi connectivity index (χ3n) is 7.06. The van der Waals surface area contributed by atoms with Gasteiger partial charge in [0.15, 0.2) is 5.11 Å². The number of amides is 1. The summed E-state index contributed by atoms with van der Waals surface area (Å²) in [5.74, 6) is 0.244. The van der Waals surface area contributed by atoms with Crippen LogP contribution in [0.4, 0.5) is 21.5 Å². The average Bonchev–Trinajstić information content (AvgIpc) is 3.25. The second kappa shape index (κ2) is 14.6. The predicted octanol–water partition coefficient (Wildman–Crippen LogP) is 4.53. The molecule has 2 aliphatic heterocycles. The number of rotatable bonds is 9. The number of anilines is 3. The van der Waals surface area contributed by atoms with Gasteiger partial charge in [-0.3, -0.25) is 9.69 Å². The minimum atomic E-state index is -0.636. The molecule has 2 heterocycles. The highest BCUT2D eigenvalue weighted by Crippen LogP contribution is 2.27. The van der Waals surface area contributed by atoms with Crippen molar-refractivity contribution in [1.82, 2.24) is 4.90 Å². The fraction of sp³-hybridized carbons (Fsp3) is 0.323. The first-order chi connectivity index (χ1) is 19.9. The van der Waals surface area contributed by atoms with E-state index in [1.165, 1.54) is 34.9 Å². The highest BCUT2D eigenvalue weighted by atomic mass is 32.1. The molecule has 0 spiro atoms. The maximum absolute atomic E-state index is 13.3. The van der Waals surface area contributed by atoms with Crippen molar-refractivity contribution in [3.63, 3.8) is 0 Å². The van der Waals surface area contributed by atoms with Crippen LogP contribution in [0.15, 0.2) is 72.8 Å². The van der Waals surface area contributed by atoms with Crippen LogP contribution in [0.3, 0.4) is 0 Å². The lowest BCUT2D eigenvalue weighted by atomic mass is 10.1. The van der Waals surface area contributed by atoms with Gasteiger partial charge in [0.25, 0.3) is 5.91 Å². The molecule has 8 nitrogen and oxygen atoms in total. The van der Waals surface area contributed by atoms with Crippen molar-refractivity contribution in [2.75, 3.05) is 62.1 Å². The Balaban J connectivity index is 0.000000328. The van der Waals surface area contributed by atoms with Crippen molar-refractivity contribution in [1.29, 1.82) is 0 Å². The van der Waals surface area contributed by atoms with E-state index in [0.29, 0.717) is 23.8 Å². The van der Waals surface area contributed by atoms with Crippen LogP contribution in [0.25, 0.3) is 0 Å². The lowest BCUT2D eigenvalue weighted by Gasteiger charge is -2.29. The van der Waals surface area contributed by atoms with E-state index in [-0.39, 0.29) is 18.1 Å². The monoisotopic (exact) mass is 578 g/mol. The summed E-state index contributed by atoms with van der Waals surface area (Å²) in [4.78, 5) is 29.6. The minimum Gasteiger partial charge on any atom is -0.497 e. The Bertz CT molecular complexity index is 1280. The van der Waals surface area contributed by atoms with E-state index in [1.807, 2.05) is 31.3 Å². The van der Waals surface area contributed by atoms with E-state index < -0.39 is 6.04 Å². The van der Waals surface area contributed by atoms with E-state index in [1.54, 1.807) is 12.0 Å². The highest BCUT2D eigenvalue weighted by molar-refractivity contribution is 7.80.